The van der Waals surface area contributed by atoms with Gasteiger partial charge in [-0.15, -0.1) is 11.6 Å². The van der Waals surface area contributed by atoms with Crippen LogP contribution in [-0.2, 0) is 4.79 Å². The molecule has 0 aromatic carbocycles. The third kappa shape index (κ3) is 4.82. The number of hydrogen-bond acceptors (Lipinski definition) is 2. The van der Waals surface area contributed by atoms with Gasteiger partial charge in [-0.1, -0.05) is 6.92 Å². The van der Waals surface area contributed by atoms with E-state index in [0.717, 1.165) is 19.4 Å². The second-order valence-corrected chi connectivity index (χ2v) is 3.78. The first-order valence-electron chi connectivity index (χ1n) is 5.13. The Bertz CT molecular complexity index is 164. The molecule has 0 aliphatic carbocycles. The average Bonchev–Trinajstić information content (AvgIpc) is 2.22. The minimum absolute atomic E-state index is 0.0320. The van der Waals surface area contributed by atoms with E-state index in [0.29, 0.717) is 12.4 Å². The van der Waals surface area contributed by atoms with Gasteiger partial charge in [-0.2, -0.15) is 0 Å². The van der Waals surface area contributed by atoms with Gasteiger partial charge in [0.15, 0.2) is 0 Å². The standard InChI is InChI=1S/C10H20ClNO2/c1-3-12(7-5-4-6-11)10(14)9(2)8-13/h9,13H,3-8H2,1-2H3. The molecule has 0 radical (unpaired) electrons. The van der Waals surface area contributed by atoms with Gasteiger partial charge >= 0.3 is 0 Å². The van der Waals surface area contributed by atoms with Crippen LogP contribution in [0.5, 0.6) is 0 Å². The van der Waals surface area contributed by atoms with E-state index < -0.39 is 0 Å². The summed E-state index contributed by atoms with van der Waals surface area (Å²) in [7, 11) is 0. The molecule has 1 atom stereocenters. The Morgan fingerprint density at radius 1 is 1.50 bits per heavy atom. The van der Waals surface area contributed by atoms with Crippen LogP contribution in [0.25, 0.3) is 0 Å². The predicted molar refractivity (Wildman–Crippen MR) is 58.5 cm³/mol. The molecule has 0 bridgehead atoms. The Morgan fingerprint density at radius 3 is 2.57 bits per heavy atom. The summed E-state index contributed by atoms with van der Waals surface area (Å²) in [5, 5.41) is 8.85. The van der Waals surface area contributed by atoms with Crippen LogP contribution in [0, 0.1) is 5.92 Å². The number of alkyl halides is 1. The van der Waals surface area contributed by atoms with E-state index in [-0.39, 0.29) is 18.4 Å². The number of amides is 1. The summed E-state index contributed by atoms with van der Waals surface area (Å²) in [5.74, 6) is 0.386. The monoisotopic (exact) mass is 221 g/mol. The number of nitrogens with zero attached hydrogens (tertiary/aromatic N) is 1. The van der Waals surface area contributed by atoms with Crippen molar-refractivity contribution in [3.8, 4) is 0 Å². The average molecular weight is 222 g/mol. The molecule has 1 amide bonds. The molecule has 3 nitrogen and oxygen atoms in total. The number of rotatable bonds is 7. The van der Waals surface area contributed by atoms with Gasteiger partial charge in [0, 0.05) is 19.0 Å². The maximum atomic E-state index is 11.6. The van der Waals surface area contributed by atoms with Crippen LogP contribution in [0.15, 0.2) is 0 Å². The Hall–Kier alpha value is -0.280. The van der Waals surface area contributed by atoms with Crippen LogP contribution in [-0.4, -0.2) is 41.5 Å². The lowest BCUT2D eigenvalue weighted by Crippen LogP contribution is -2.37. The van der Waals surface area contributed by atoms with E-state index in [2.05, 4.69) is 0 Å². The third-order valence-corrected chi connectivity index (χ3v) is 2.47. The number of carbonyl (C=O) groups excluding carboxylic acids is 1. The largest absolute Gasteiger partial charge is 0.396 e. The highest BCUT2D eigenvalue weighted by atomic mass is 35.5. The second-order valence-electron chi connectivity index (χ2n) is 3.40. The van der Waals surface area contributed by atoms with Crippen molar-refractivity contribution >= 4 is 17.5 Å². The fourth-order valence-corrected chi connectivity index (χ4v) is 1.40. The highest BCUT2D eigenvalue weighted by Crippen LogP contribution is 2.04. The molecule has 0 saturated carbocycles. The predicted octanol–water partition coefficient (Wildman–Crippen LogP) is 1.48. The molecule has 0 saturated heterocycles. The van der Waals surface area contributed by atoms with Crippen LogP contribution in [0.3, 0.4) is 0 Å². The van der Waals surface area contributed by atoms with Crippen LogP contribution >= 0.6 is 11.6 Å². The van der Waals surface area contributed by atoms with E-state index in [1.165, 1.54) is 0 Å². The van der Waals surface area contributed by atoms with Gasteiger partial charge in [0.05, 0.1) is 12.5 Å². The maximum absolute atomic E-state index is 11.6. The van der Waals surface area contributed by atoms with Gasteiger partial charge in [-0.25, -0.2) is 0 Å². The molecule has 0 aliphatic heterocycles. The van der Waals surface area contributed by atoms with Gasteiger partial charge in [0.1, 0.15) is 0 Å². The van der Waals surface area contributed by atoms with Crippen molar-refractivity contribution in [2.75, 3.05) is 25.6 Å². The quantitative estimate of drug-likeness (QED) is 0.523. The molecular weight excluding hydrogens is 202 g/mol. The summed E-state index contributed by atoms with van der Waals surface area (Å²) < 4.78 is 0. The molecule has 0 aliphatic rings. The van der Waals surface area contributed by atoms with Gasteiger partial charge < -0.3 is 10.0 Å². The van der Waals surface area contributed by atoms with E-state index >= 15 is 0 Å². The van der Waals surface area contributed by atoms with E-state index in [1.807, 2.05) is 6.92 Å². The van der Waals surface area contributed by atoms with Crippen molar-refractivity contribution in [2.24, 2.45) is 5.92 Å². The molecule has 84 valence electrons. The van der Waals surface area contributed by atoms with Crippen molar-refractivity contribution in [3.05, 3.63) is 0 Å². The highest BCUT2D eigenvalue weighted by molar-refractivity contribution is 6.17. The summed E-state index contributed by atoms with van der Waals surface area (Å²) in [6, 6.07) is 0. The van der Waals surface area contributed by atoms with E-state index in [1.54, 1.807) is 11.8 Å². The molecule has 14 heavy (non-hydrogen) atoms. The molecule has 4 heteroatoms. The zero-order valence-corrected chi connectivity index (χ0v) is 9.76. The molecule has 1 N–H and O–H groups in total. The van der Waals surface area contributed by atoms with Crippen LogP contribution in [0.4, 0.5) is 0 Å². The number of halogens is 1. The number of hydrogen-bond donors (Lipinski definition) is 1. The van der Waals surface area contributed by atoms with Crippen molar-refractivity contribution in [1.29, 1.82) is 0 Å². The second kappa shape index (κ2) is 8.06. The summed E-state index contributed by atoms with van der Waals surface area (Å²) in [5.41, 5.74) is 0. The SMILES string of the molecule is CCN(CCCCCl)C(=O)C(C)CO. The summed E-state index contributed by atoms with van der Waals surface area (Å²) in [6.45, 7) is 5.05. The minimum Gasteiger partial charge on any atom is -0.396 e. The molecule has 0 rings (SSSR count). The lowest BCUT2D eigenvalue weighted by molar-refractivity contribution is -0.136. The smallest absolute Gasteiger partial charge is 0.227 e. The van der Waals surface area contributed by atoms with Crippen LogP contribution in [0.2, 0.25) is 0 Å². The molecule has 0 aromatic heterocycles. The minimum atomic E-state index is -0.286. The Balaban J connectivity index is 3.92. The van der Waals surface area contributed by atoms with E-state index in [4.69, 9.17) is 16.7 Å². The zero-order chi connectivity index (χ0) is 11.0. The first-order chi connectivity index (χ1) is 6.67. The zero-order valence-electron chi connectivity index (χ0n) is 9.00. The lowest BCUT2D eigenvalue weighted by atomic mass is 10.1. The number of aliphatic hydroxyl groups is 1. The number of carbonyl (C=O) groups is 1. The molecule has 0 fully saturated rings. The van der Waals surface area contributed by atoms with Crippen molar-refractivity contribution < 1.29 is 9.90 Å². The highest BCUT2D eigenvalue weighted by Gasteiger charge is 2.17. The fraction of sp³-hybridized carbons (Fsp3) is 0.900. The molecule has 0 heterocycles. The van der Waals surface area contributed by atoms with Gasteiger partial charge in [-0.05, 0) is 19.8 Å². The van der Waals surface area contributed by atoms with Crippen molar-refractivity contribution in [3.63, 3.8) is 0 Å². The molecular formula is C10H20ClNO2. The van der Waals surface area contributed by atoms with Gasteiger partial charge in [0.25, 0.3) is 0 Å². The molecule has 1 unspecified atom stereocenters. The molecule has 0 aromatic rings. The number of aliphatic hydroxyl groups excluding tert-OH is 1. The van der Waals surface area contributed by atoms with Crippen molar-refractivity contribution in [2.45, 2.75) is 26.7 Å². The Kier molecular flexibility index (Phi) is 7.90. The van der Waals surface area contributed by atoms with Gasteiger partial charge in [-0.3, -0.25) is 4.79 Å². The third-order valence-electron chi connectivity index (χ3n) is 2.20. The first-order valence-corrected chi connectivity index (χ1v) is 5.66. The summed E-state index contributed by atoms with van der Waals surface area (Å²) in [6.07, 6.45) is 1.86. The first kappa shape index (κ1) is 13.7. The fourth-order valence-electron chi connectivity index (χ4n) is 1.21. The normalized spacial score (nSPS) is 12.6. The summed E-state index contributed by atoms with van der Waals surface area (Å²) >= 11 is 5.55. The number of unbranched alkanes of at least 4 members (excludes halogenated alkanes) is 1. The topological polar surface area (TPSA) is 40.5 Å². The van der Waals surface area contributed by atoms with Crippen LogP contribution < -0.4 is 0 Å². The maximum Gasteiger partial charge on any atom is 0.227 e. The van der Waals surface area contributed by atoms with Gasteiger partial charge in [0.2, 0.25) is 5.91 Å². The Labute approximate surface area is 91.0 Å². The van der Waals surface area contributed by atoms with Crippen molar-refractivity contribution in [1.82, 2.24) is 4.90 Å². The van der Waals surface area contributed by atoms with Crippen LogP contribution in [0.1, 0.15) is 26.7 Å². The van der Waals surface area contributed by atoms with E-state index in [9.17, 15) is 4.79 Å². The summed E-state index contributed by atoms with van der Waals surface area (Å²) in [4.78, 5) is 13.4. The molecule has 0 spiro atoms. The Morgan fingerprint density at radius 2 is 2.14 bits per heavy atom. The lowest BCUT2D eigenvalue weighted by Gasteiger charge is -2.23.